The molecule has 3 aromatic rings. The third-order valence-corrected chi connectivity index (χ3v) is 6.67. The number of nitrogens with one attached hydrogen (secondary N) is 1. The fourth-order valence-electron chi connectivity index (χ4n) is 3.36. The average molecular weight is 395 g/mol. The van der Waals surface area contributed by atoms with Gasteiger partial charge in [-0.15, -0.1) is 0 Å². The quantitative estimate of drug-likeness (QED) is 0.687. The van der Waals surface area contributed by atoms with Crippen LogP contribution in [0.5, 0.6) is 0 Å². The van der Waals surface area contributed by atoms with E-state index in [1.54, 1.807) is 0 Å². The molecule has 1 N–H and O–H groups in total. The van der Waals surface area contributed by atoms with Crippen LogP contribution in [0.2, 0.25) is 5.32 Å². The second-order valence-corrected chi connectivity index (χ2v) is 8.49. The molecule has 25 heavy (non-hydrogen) atoms. The van der Waals surface area contributed by atoms with Crippen LogP contribution in [0, 0.1) is 0 Å². The molecule has 0 unspecified atom stereocenters. The zero-order valence-corrected chi connectivity index (χ0v) is 15.7. The van der Waals surface area contributed by atoms with Gasteiger partial charge in [0, 0.05) is 0 Å². The first-order valence-corrected chi connectivity index (χ1v) is 10.8. The summed E-state index contributed by atoms with van der Waals surface area (Å²) in [4.78, 5) is 17.4. The van der Waals surface area contributed by atoms with Gasteiger partial charge in [-0.2, -0.15) is 0 Å². The number of carbonyl (C=O) groups is 1. The van der Waals surface area contributed by atoms with E-state index < -0.39 is 0 Å². The molecule has 0 fully saturated rings. The van der Waals surface area contributed by atoms with E-state index in [2.05, 4.69) is 23.5 Å². The number of aryl methyl sites for hydroxylation is 1. The van der Waals surface area contributed by atoms with Gasteiger partial charge < -0.3 is 0 Å². The molecule has 1 aromatic heterocycles. The number of rotatable bonds is 4. The molecule has 1 heterocycles. The monoisotopic (exact) mass is 396 g/mol. The number of para-hydroxylation sites is 1. The molecule has 0 saturated carbocycles. The first-order valence-electron chi connectivity index (χ1n) is 8.69. The van der Waals surface area contributed by atoms with Crippen LogP contribution in [-0.4, -0.2) is 25.8 Å². The summed E-state index contributed by atoms with van der Waals surface area (Å²) in [5, 5.41) is 4.84. The molecule has 4 rings (SSSR count). The summed E-state index contributed by atoms with van der Waals surface area (Å²) in [7, 11) is 0. The van der Waals surface area contributed by atoms with Crippen molar-refractivity contribution in [3.8, 4) is 0 Å². The molecule has 0 bridgehead atoms. The summed E-state index contributed by atoms with van der Waals surface area (Å²) in [6, 6.07) is 18.4. The van der Waals surface area contributed by atoms with Crippen molar-refractivity contribution in [2.75, 3.05) is 5.32 Å². The molecule has 0 saturated heterocycles. The molecule has 1 aliphatic rings. The van der Waals surface area contributed by atoms with E-state index in [1.165, 1.54) is 22.9 Å². The summed E-state index contributed by atoms with van der Waals surface area (Å²) in [5.74, 6) is 0.105. The van der Waals surface area contributed by atoms with Gasteiger partial charge in [-0.1, -0.05) is 0 Å². The van der Waals surface area contributed by atoms with E-state index in [9.17, 15) is 4.79 Å². The third kappa shape index (κ3) is 3.60. The van der Waals surface area contributed by atoms with Crippen LogP contribution in [0.3, 0.4) is 0 Å². The standard InChI is InChI=1S/C21H20N2OSe/c24-20(14-25-15-8-2-1-3-9-15)23-21-16-10-4-6-12-18(16)22-19-13-7-5-11-17(19)21/h1-4,6,8-10,12H,5,7,11,13-14H2,(H,22,23,24). The minimum atomic E-state index is 0.105. The van der Waals surface area contributed by atoms with Crippen LogP contribution >= 0.6 is 0 Å². The molecule has 0 atom stereocenters. The molecule has 2 aromatic carbocycles. The normalized spacial score (nSPS) is 13.4. The minimum absolute atomic E-state index is 0.105. The van der Waals surface area contributed by atoms with E-state index in [-0.39, 0.29) is 20.9 Å². The van der Waals surface area contributed by atoms with Crippen LogP contribution in [0.25, 0.3) is 10.9 Å². The van der Waals surface area contributed by atoms with E-state index in [1.807, 2.05) is 36.4 Å². The average Bonchev–Trinajstić information content (AvgIpc) is 2.67. The molecular formula is C21H20N2OSe. The van der Waals surface area contributed by atoms with Crippen LogP contribution < -0.4 is 9.78 Å². The van der Waals surface area contributed by atoms with Gasteiger partial charge in [0.2, 0.25) is 0 Å². The molecule has 4 heteroatoms. The third-order valence-electron chi connectivity index (χ3n) is 4.55. The van der Waals surface area contributed by atoms with E-state index >= 15 is 0 Å². The predicted octanol–water partition coefficient (Wildman–Crippen LogP) is 3.50. The fourth-order valence-corrected chi connectivity index (χ4v) is 4.87. The number of hydrogen-bond acceptors (Lipinski definition) is 2. The number of hydrogen-bond donors (Lipinski definition) is 1. The predicted molar refractivity (Wildman–Crippen MR) is 104 cm³/mol. The van der Waals surface area contributed by atoms with Crippen molar-refractivity contribution in [2.24, 2.45) is 0 Å². The second-order valence-electron chi connectivity index (χ2n) is 6.29. The maximum atomic E-state index is 12.6. The van der Waals surface area contributed by atoms with Crippen molar-refractivity contribution in [2.45, 2.75) is 31.0 Å². The zero-order chi connectivity index (χ0) is 17.1. The Balaban J connectivity index is 1.60. The Labute approximate surface area is 154 Å². The molecule has 0 radical (unpaired) electrons. The van der Waals surface area contributed by atoms with Crippen molar-refractivity contribution in [1.82, 2.24) is 4.98 Å². The summed E-state index contributed by atoms with van der Waals surface area (Å²) < 4.78 is 1.26. The van der Waals surface area contributed by atoms with Crippen LogP contribution in [-0.2, 0) is 17.6 Å². The van der Waals surface area contributed by atoms with E-state index in [0.717, 1.165) is 35.1 Å². The van der Waals surface area contributed by atoms with E-state index in [4.69, 9.17) is 4.98 Å². The van der Waals surface area contributed by atoms with Gasteiger partial charge in [0.1, 0.15) is 0 Å². The Hall–Kier alpha value is -2.16. The molecule has 3 nitrogen and oxygen atoms in total. The van der Waals surface area contributed by atoms with Gasteiger partial charge in [-0.05, 0) is 0 Å². The second kappa shape index (κ2) is 7.38. The Kier molecular flexibility index (Phi) is 4.82. The number of aromatic nitrogens is 1. The number of pyridine rings is 1. The molecule has 126 valence electrons. The maximum absolute atomic E-state index is 12.6. The number of benzene rings is 2. The number of carbonyl (C=O) groups excluding carboxylic acids is 1. The van der Waals surface area contributed by atoms with Gasteiger partial charge in [0.15, 0.2) is 0 Å². The first-order chi connectivity index (χ1) is 12.3. The van der Waals surface area contributed by atoms with Crippen molar-refractivity contribution in [1.29, 1.82) is 0 Å². The first kappa shape index (κ1) is 16.3. The summed E-state index contributed by atoms with van der Waals surface area (Å²) in [5.41, 5.74) is 4.38. The van der Waals surface area contributed by atoms with Gasteiger partial charge in [0.25, 0.3) is 0 Å². The van der Waals surface area contributed by atoms with Crippen LogP contribution in [0.4, 0.5) is 5.69 Å². The van der Waals surface area contributed by atoms with Crippen molar-refractivity contribution in [3.63, 3.8) is 0 Å². The molecule has 0 aliphatic heterocycles. The van der Waals surface area contributed by atoms with Crippen molar-refractivity contribution in [3.05, 3.63) is 65.9 Å². The van der Waals surface area contributed by atoms with E-state index in [0.29, 0.717) is 5.32 Å². The Morgan fingerprint density at radius 2 is 1.76 bits per heavy atom. The molecule has 1 aliphatic carbocycles. The summed E-state index contributed by atoms with van der Waals surface area (Å²) >= 11 is 0.161. The van der Waals surface area contributed by atoms with Crippen molar-refractivity contribution < 1.29 is 4.79 Å². The molecular weight excluding hydrogens is 375 g/mol. The van der Waals surface area contributed by atoms with Gasteiger partial charge >= 0.3 is 154 Å². The summed E-state index contributed by atoms with van der Waals surface area (Å²) in [6.07, 6.45) is 4.37. The number of nitrogens with zero attached hydrogens (tertiary/aromatic N) is 1. The SMILES string of the molecule is O=C(C[Se]c1ccccc1)Nc1c2c(nc3ccccc13)CCCC2. The topological polar surface area (TPSA) is 42.0 Å². The zero-order valence-electron chi connectivity index (χ0n) is 14.0. The van der Waals surface area contributed by atoms with Gasteiger partial charge in [0.05, 0.1) is 0 Å². The van der Waals surface area contributed by atoms with Crippen LogP contribution in [0.1, 0.15) is 24.1 Å². The Bertz CT molecular complexity index is 908. The molecule has 0 spiro atoms. The Morgan fingerprint density at radius 3 is 2.64 bits per heavy atom. The molecule has 1 amide bonds. The number of anilines is 1. The fraction of sp³-hybridized carbons (Fsp3) is 0.238. The van der Waals surface area contributed by atoms with Crippen LogP contribution in [0.15, 0.2) is 54.6 Å². The number of fused-ring (bicyclic) bond motifs is 2. The number of amides is 1. The van der Waals surface area contributed by atoms with Gasteiger partial charge in [-0.3, -0.25) is 0 Å². The Morgan fingerprint density at radius 1 is 1.00 bits per heavy atom. The summed E-state index contributed by atoms with van der Waals surface area (Å²) in [6.45, 7) is 0. The van der Waals surface area contributed by atoms with Crippen molar-refractivity contribution >= 4 is 41.9 Å². The van der Waals surface area contributed by atoms with Gasteiger partial charge in [-0.25, -0.2) is 0 Å².